The lowest BCUT2D eigenvalue weighted by Gasteiger charge is -2.10. The van der Waals surface area contributed by atoms with Gasteiger partial charge in [-0.1, -0.05) is 12.1 Å². The third-order valence-electron chi connectivity index (χ3n) is 4.04. The summed E-state index contributed by atoms with van der Waals surface area (Å²) in [5.41, 5.74) is 1.30. The van der Waals surface area contributed by atoms with Crippen molar-refractivity contribution in [1.82, 2.24) is 0 Å². The second kappa shape index (κ2) is 11.2. The van der Waals surface area contributed by atoms with Crippen LogP contribution in [0.25, 0.3) is 12.2 Å². The Morgan fingerprint density at radius 1 is 0.828 bits per heavy atom. The van der Waals surface area contributed by atoms with E-state index in [1.54, 1.807) is 77.0 Å². The van der Waals surface area contributed by atoms with Gasteiger partial charge in [-0.2, -0.15) is 0 Å². The van der Waals surface area contributed by atoms with Gasteiger partial charge in [-0.05, 0) is 47.6 Å². The molecular weight excluding hydrogens is 392 g/mol. The Balaban J connectivity index is 2.09. The Hall–Kier alpha value is -2.90. The Morgan fingerprint density at radius 3 is 1.66 bits per heavy atom. The Bertz CT molecular complexity index is 846. The van der Waals surface area contributed by atoms with E-state index in [4.69, 9.17) is 18.9 Å². The molecule has 154 valence electrons. The first-order chi connectivity index (χ1) is 14.0. The molecule has 2 aromatic rings. The molecule has 0 aliphatic rings. The minimum Gasteiger partial charge on any atom is -0.612 e. The van der Waals surface area contributed by atoms with Crippen molar-refractivity contribution < 1.29 is 28.3 Å². The number of ketones is 1. The molecule has 0 radical (unpaired) electrons. The van der Waals surface area contributed by atoms with Crippen LogP contribution in [0.2, 0.25) is 0 Å². The molecule has 0 aromatic heterocycles. The van der Waals surface area contributed by atoms with Gasteiger partial charge < -0.3 is 23.5 Å². The zero-order valence-electron chi connectivity index (χ0n) is 16.8. The van der Waals surface area contributed by atoms with Crippen molar-refractivity contribution in [2.45, 2.75) is 0 Å². The van der Waals surface area contributed by atoms with E-state index in [0.717, 1.165) is 0 Å². The fourth-order valence-corrected chi connectivity index (χ4v) is 3.41. The number of ether oxygens (including phenoxy) is 4. The fourth-order valence-electron chi connectivity index (χ4n) is 2.64. The predicted molar refractivity (Wildman–Crippen MR) is 115 cm³/mol. The van der Waals surface area contributed by atoms with Crippen molar-refractivity contribution in [3.8, 4) is 23.0 Å². The first kappa shape index (κ1) is 22.4. The van der Waals surface area contributed by atoms with Crippen molar-refractivity contribution in [1.29, 1.82) is 0 Å². The van der Waals surface area contributed by atoms with E-state index in [2.05, 4.69) is 0 Å². The number of benzene rings is 2. The molecule has 0 aliphatic heterocycles. The van der Waals surface area contributed by atoms with Crippen LogP contribution in [0.1, 0.15) is 11.1 Å². The van der Waals surface area contributed by atoms with E-state index in [-0.39, 0.29) is 11.5 Å². The van der Waals surface area contributed by atoms with Crippen LogP contribution in [0.3, 0.4) is 0 Å². The Morgan fingerprint density at radius 2 is 1.24 bits per heavy atom. The predicted octanol–water partition coefficient (Wildman–Crippen LogP) is 3.72. The van der Waals surface area contributed by atoms with Crippen molar-refractivity contribution in [3.05, 3.63) is 59.0 Å². The van der Waals surface area contributed by atoms with E-state index in [9.17, 15) is 9.35 Å². The lowest BCUT2D eigenvalue weighted by Crippen LogP contribution is -2.11. The number of allylic oxidation sites excluding steroid dienone is 1. The van der Waals surface area contributed by atoms with Crippen molar-refractivity contribution in [2.24, 2.45) is 0 Å². The van der Waals surface area contributed by atoms with E-state index >= 15 is 0 Å². The normalized spacial score (nSPS) is 12.2. The van der Waals surface area contributed by atoms with Gasteiger partial charge in [0.05, 0.1) is 39.6 Å². The van der Waals surface area contributed by atoms with Gasteiger partial charge in [0, 0.05) is 6.08 Å². The quantitative estimate of drug-likeness (QED) is 0.434. The summed E-state index contributed by atoms with van der Waals surface area (Å²) in [5.74, 6) is 1.91. The van der Waals surface area contributed by atoms with Gasteiger partial charge in [0.2, 0.25) is 5.78 Å². The molecular formula is C22H24O6S. The van der Waals surface area contributed by atoms with Crippen LogP contribution in [0.5, 0.6) is 23.0 Å². The molecule has 2 rings (SSSR count). The SMILES string of the molecule is COc1cccc(OC)c1C=C[S+]([O-])CC(=O)/C=C\c1c(OC)cccc1OC. The van der Waals surface area contributed by atoms with Crippen LogP contribution in [0.4, 0.5) is 0 Å². The highest BCUT2D eigenvalue weighted by Gasteiger charge is 2.12. The summed E-state index contributed by atoms with van der Waals surface area (Å²) in [5, 5.41) is 1.45. The fraction of sp³-hybridized carbons (Fsp3) is 0.227. The Kier molecular flexibility index (Phi) is 8.64. The number of methoxy groups -OCH3 is 4. The molecule has 0 fully saturated rings. The summed E-state index contributed by atoms with van der Waals surface area (Å²) in [6.07, 6.45) is 4.61. The maximum Gasteiger partial charge on any atom is 0.205 e. The van der Waals surface area contributed by atoms with E-state index < -0.39 is 11.2 Å². The maximum atomic E-state index is 12.3. The third-order valence-corrected chi connectivity index (χ3v) is 5.05. The van der Waals surface area contributed by atoms with E-state index in [0.29, 0.717) is 34.1 Å². The topological polar surface area (TPSA) is 77.0 Å². The van der Waals surface area contributed by atoms with Gasteiger partial charge in [-0.25, -0.2) is 0 Å². The van der Waals surface area contributed by atoms with Crippen molar-refractivity contribution in [3.63, 3.8) is 0 Å². The summed E-state index contributed by atoms with van der Waals surface area (Å²) in [6.45, 7) is 0. The molecule has 0 amide bonds. The lowest BCUT2D eigenvalue weighted by molar-refractivity contribution is -0.112. The Labute approximate surface area is 173 Å². The van der Waals surface area contributed by atoms with Crippen LogP contribution in [0.15, 0.2) is 47.9 Å². The molecule has 2 aromatic carbocycles. The van der Waals surface area contributed by atoms with Crippen LogP contribution in [-0.4, -0.2) is 44.5 Å². The largest absolute Gasteiger partial charge is 0.612 e. The molecule has 0 saturated carbocycles. The highest BCUT2D eigenvalue weighted by atomic mass is 32.2. The molecule has 0 bridgehead atoms. The minimum atomic E-state index is -1.50. The number of carbonyl (C=O) groups excluding carboxylic acids is 1. The second-order valence-corrected chi connectivity index (χ2v) is 7.10. The summed E-state index contributed by atoms with van der Waals surface area (Å²) in [7, 11) is 6.17. The molecule has 7 heteroatoms. The monoisotopic (exact) mass is 416 g/mol. The molecule has 0 aliphatic carbocycles. The highest BCUT2D eigenvalue weighted by molar-refractivity contribution is 7.95. The van der Waals surface area contributed by atoms with E-state index in [1.807, 2.05) is 0 Å². The number of hydrogen-bond donors (Lipinski definition) is 0. The van der Waals surface area contributed by atoms with Gasteiger partial charge in [0.15, 0.2) is 5.75 Å². The van der Waals surface area contributed by atoms with Crippen LogP contribution in [-0.2, 0) is 16.0 Å². The lowest BCUT2D eigenvalue weighted by atomic mass is 10.1. The molecule has 0 N–H and O–H groups in total. The highest BCUT2D eigenvalue weighted by Crippen LogP contribution is 2.30. The standard InChI is InChI=1S/C22H24O6S/c1-25-19-7-5-8-20(26-2)17(19)12-11-16(23)15-29(24)14-13-18-21(27-3)9-6-10-22(18)28-4/h5-14H,15H2,1-4H3/b12-11-,14-13?. The van der Waals surface area contributed by atoms with Gasteiger partial charge in [0.1, 0.15) is 28.4 Å². The zero-order valence-corrected chi connectivity index (χ0v) is 17.7. The van der Waals surface area contributed by atoms with Gasteiger partial charge in [-0.3, -0.25) is 4.79 Å². The molecule has 0 spiro atoms. The van der Waals surface area contributed by atoms with Gasteiger partial charge in [-0.15, -0.1) is 0 Å². The summed E-state index contributed by atoms with van der Waals surface area (Å²) < 4.78 is 33.5. The average molecular weight is 416 g/mol. The summed E-state index contributed by atoms with van der Waals surface area (Å²) >= 11 is -1.50. The number of rotatable bonds is 10. The van der Waals surface area contributed by atoms with Gasteiger partial charge in [0.25, 0.3) is 0 Å². The summed E-state index contributed by atoms with van der Waals surface area (Å²) in [4.78, 5) is 12.2. The van der Waals surface area contributed by atoms with E-state index in [1.165, 1.54) is 11.5 Å². The third kappa shape index (κ3) is 6.04. The van der Waals surface area contributed by atoms with Crippen molar-refractivity contribution >= 4 is 29.1 Å². The minimum absolute atomic E-state index is 0.151. The molecule has 0 saturated heterocycles. The van der Waals surface area contributed by atoms with Gasteiger partial charge >= 0.3 is 0 Å². The first-order valence-electron chi connectivity index (χ1n) is 8.72. The molecule has 1 unspecified atom stereocenters. The van der Waals surface area contributed by atoms with Crippen LogP contribution in [0, 0.1) is 0 Å². The van der Waals surface area contributed by atoms with Crippen LogP contribution >= 0.6 is 0 Å². The number of carbonyl (C=O) groups is 1. The molecule has 6 nitrogen and oxygen atoms in total. The maximum absolute atomic E-state index is 12.3. The average Bonchev–Trinajstić information content (AvgIpc) is 2.75. The molecule has 29 heavy (non-hydrogen) atoms. The molecule has 1 atom stereocenters. The first-order valence-corrected chi connectivity index (χ1v) is 10.1. The van der Waals surface area contributed by atoms with Crippen molar-refractivity contribution in [2.75, 3.05) is 34.2 Å². The molecule has 0 heterocycles. The summed E-state index contributed by atoms with van der Waals surface area (Å²) in [6, 6.07) is 10.7. The smallest absolute Gasteiger partial charge is 0.205 e. The number of hydrogen-bond acceptors (Lipinski definition) is 6. The second-order valence-electron chi connectivity index (χ2n) is 5.78. The zero-order chi connectivity index (χ0) is 21.2. The van der Waals surface area contributed by atoms with Crippen LogP contribution < -0.4 is 18.9 Å².